The number of H-pyrrole nitrogens is 1. The van der Waals surface area contributed by atoms with Crippen LogP contribution in [0.5, 0.6) is 0 Å². The summed E-state index contributed by atoms with van der Waals surface area (Å²) in [5, 5.41) is 15.3. The number of aromatic amines is 1. The molecule has 0 bridgehead atoms. The molecule has 4 aromatic rings. The number of ether oxygens (including phenoxy) is 1. The van der Waals surface area contributed by atoms with Gasteiger partial charge in [0.25, 0.3) is 11.8 Å². The van der Waals surface area contributed by atoms with Crippen molar-refractivity contribution in [3.05, 3.63) is 107 Å². The standard InChI is InChI=1S/C37H44N6O6/c1-23(2)34(38)36(46)40-25(4)35(45)41-29-16-13-28(14-17-29)22-49-37(47)43(20-19-30-24(3)39-32-8-6-5-7-31(30)32)21-27-11-9-26(10-12-27)15-18-33(44)42-48/h5-18,23,25,34,39,48H,19-22,38H2,1-4H3,(H,40,46)(H,41,45)(H,42,44)/p+1/b18-15+/t25-,34+/m1/s1. The van der Waals surface area contributed by atoms with Gasteiger partial charge in [-0.25, -0.2) is 10.3 Å². The Morgan fingerprint density at radius 2 is 1.61 bits per heavy atom. The van der Waals surface area contributed by atoms with Crippen molar-refractivity contribution in [3.8, 4) is 0 Å². The van der Waals surface area contributed by atoms with Crippen molar-refractivity contribution < 1.29 is 34.9 Å². The lowest BCUT2D eigenvalue weighted by molar-refractivity contribution is -0.414. The van der Waals surface area contributed by atoms with Gasteiger partial charge in [-0.05, 0) is 66.8 Å². The van der Waals surface area contributed by atoms with Gasteiger partial charge in [-0.1, -0.05) is 68.4 Å². The molecule has 0 spiro atoms. The first-order valence-electron chi connectivity index (χ1n) is 16.2. The van der Waals surface area contributed by atoms with E-state index in [1.165, 1.54) is 6.08 Å². The zero-order valence-corrected chi connectivity index (χ0v) is 28.3. The fourth-order valence-corrected chi connectivity index (χ4v) is 5.16. The third-order valence-electron chi connectivity index (χ3n) is 8.28. The molecule has 12 heteroatoms. The maximum atomic E-state index is 13.5. The molecule has 4 amide bonds. The number of hydroxylamine groups is 1. The minimum absolute atomic E-state index is 0.0267. The lowest BCUT2D eigenvalue weighted by Gasteiger charge is -2.23. The minimum atomic E-state index is -0.740. The van der Waals surface area contributed by atoms with Crippen LogP contribution in [-0.2, 0) is 38.7 Å². The molecule has 258 valence electrons. The second-order valence-electron chi connectivity index (χ2n) is 12.3. The Kier molecular flexibility index (Phi) is 12.7. The van der Waals surface area contributed by atoms with E-state index < -0.39 is 24.1 Å². The molecule has 0 radical (unpaired) electrons. The van der Waals surface area contributed by atoms with E-state index in [9.17, 15) is 19.2 Å². The summed E-state index contributed by atoms with van der Waals surface area (Å²) in [4.78, 5) is 54.8. The number of anilines is 1. The van der Waals surface area contributed by atoms with Crippen LogP contribution in [0.25, 0.3) is 17.0 Å². The van der Waals surface area contributed by atoms with Crippen LogP contribution in [0.1, 0.15) is 48.7 Å². The number of para-hydroxylation sites is 1. The number of carbonyl (C=O) groups is 4. The molecule has 4 rings (SSSR count). The molecule has 1 heterocycles. The number of carbonyl (C=O) groups excluding carboxylic acids is 4. The van der Waals surface area contributed by atoms with Crippen LogP contribution < -0.4 is 21.8 Å². The lowest BCUT2D eigenvalue weighted by Crippen LogP contribution is -2.70. The molecule has 49 heavy (non-hydrogen) atoms. The van der Waals surface area contributed by atoms with Gasteiger partial charge in [0.2, 0.25) is 5.91 Å². The molecule has 0 fully saturated rings. The number of benzene rings is 3. The summed E-state index contributed by atoms with van der Waals surface area (Å²) >= 11 is 0. The summed E-state index contributed by atoms with van der Waals surface area (Å²) in [6.45, 7) is 8.17. The maximum absolute atomic E-state index is 13.5. The molecule has 1 aromatic heterocycles. The SMILES string of the molecule is Cc1[nH]c2ccccc2c1CCN(Cc1ccc(/C=C/C(=O)NO)cc1)C(=O)OCc1ccc(NC(=O)[C@@H](C)NC(=O)[C@@H]([NH3+])C(C)C)cc1. The smallest absolute Gasteiger partial charge is 0.410 e. The van der Waals surface area contributed by atoms with Crippen molar-refractivity contribution in [1.82, 2.24) is 20.7 Å². The van der Waals surface area contributed by atoms with Crippen molar-refractivity contribution in [1.29, 1.82) is 0 Å². The molecule has 3 aromatic carbocycles. The molecular weight excluding hydrogens is 624 g/mol. The van der Waals surface area contributed by atoms with E-state index in [4.69, 9.17) is 9.94 Å². The number of hydrogen-bond acceptors (Lipinski definition) is 6. The fourth-order valence-electron chi connectivity index (χ4n) is 5.16. The molecule has 0 aliphatic rings. The Labute approximate surface area is 285 Å². The zero-order chi connectivity index (χ0) is 35.5. The second kappa shape index (κ2) is 17.1. The monoisotopic (exact) mass is 669 g/mol. The van der Waals surface area contributed by atoms with Crippen molar-refractivity contribution in [3.63, 3.8) is 0 Å². The average molecular weight is 670 g/mol. The van der Waals surface area contributed by atoms with E-state index in [1.807, 2.05) is 63.2 Å². The van der Waals surface area contributed by atoms with Gasteiger partial charge < -0.3 is 31.0 Å². The van der Waals surface area contributed by atoms with Crippen molar-refractivity contribution in [2.75, 3.05) is 11.9 Å². The van der Waals surface area contributed by atoms with Gasteiger partial charge in [-0.3, -0.25) is 19.6 Å². The molecule has 8 N–H and O–H groups in total. The first kappa shape index (κ1) is 36.4. The normalized spacial score (nSPS) is 12.5. The van der Waals surface area contributed by atoms with Gasteiger partial charge in [-0.2, -0.15) is 0 Å². The number of fused-ring (bicyclic) bond motifs is 1. The predicted octanol–water partition coefficient (Wildman–Crippen LogP) is 4.09. The van der Waals surface area contributed by atoms with E-state index in [0.29, 0.717) is 25.2 Å². The van der Waals surface area contributed by atoms with Gasteiger partial charge in [0.05, 0.1) is 0 Å². The molecule has 0 unspecified atom stereocenters. The number of amides is 4. The number of hydrogen-bond donors (Lipinski definition) is 6. The summed E-state index contributed by atoms with van der Waals surface area (Å²) in [5.74, 6) is -1.21. The molecule has 0 aliphatic carbocycles. The predicted molar refractivity (Wildman–Crippen MR) is 187 cm³/mol. The van der Waals surface area contributed by atoms with Crippen molar-refractivity contribution in [2.24, 2.45) is 5.92 Å². The Hall–Kier alpha value is -5.46. The van der Waals surface area contributed by atoms with Gasteiger partial charge in [0.15, 0.2) is 6.04 Å². The van der Waals surface area contributed by atoms with Gasteiger partial charge in [-0.15, -0.1) is 0 Å². The van der Waals surface area contributed by atoms with Gasteiger partial charge >= 0.3 is 6.09 Å². The zero-order valence-electron chi connectivity index (χ0n) is 28.3. The minimum Gasteiger partial charge on any atom is -0.445 e. The second-order valence-corrected chi connectivity index (χ2v) is 12.3. The summed E-state index contributed by atoms with van der Waals surface area (Å²) in [6, 6.07) is 21.2. The van der Waals surface area contributed by atoms with Crippen LogP contribution in [0.3, 0.4) is 0 Å². The molecule has 0 aliphatic heterocycles. The van der Waals surface area contributed by atoms with Crippen LogP contribution >= 0.6 is 0 Å². The number of aromatic nitrogens is 1. The Bertz CT molecular complexity index is 1780. The highest BCUT2D eigenvalue weighted by Gasteiger charge is 2.25. The highest BCUT2D eigenvalue weighted by atomic mass is 16.6. The van der Waals surface area contributed by atoms with Crippen LogP contribution in [0.4, 0.5) is 10.5 Å². The van der Waals surface area contributed by atoms with E-state index in [-0.39, 0.29) is 24.3 Å². The number of nitrogens with one attached hydrogen (secondary N) is 4. The maximum Gasteiger partial charge on any atom is 0.410 e. The Balaban J connectivity index is 1.40. The van der Waals surface area contributed by atoms with Crippen LogP contribution in [0.2, 0.25) is 0 Å². The Morgan fingerprint density at radius 3 is 2.29 bits per heavy atom. The highest BCUT2D eigenvalue weighted by Crippen LogP contribution is 2.23. The lowest BCUT2D eigenvalue weighted by atomic mass is 10.0. The average Bonchev–Trinajstić information content (AvgIpc) is 3.42. The van der Waals surface area contributed by atoms with Crippen LogP contribution in [-0.4, -0.2) is 57.5 Å². The topological polar surface area (TPSA) is 180 Å². The van der Waals surface area contributed by atoms with E-state index in [0.717, 1.165) is 38.9 Å². The first-order chi connectivity index (χ1) is 23.4. The van der Waals surface area contributed by atoms with E-state index in [1.54, 1.807) is 47.6 Å². The largest absolute Gasteiger partial charge is 0.445 e. The molecule has 12 nitrogen and oxygen atoms in total. The molecular formula is C37H45N6O6+. The highest BCUT2D eigenvalue weighted by molar-refractivity contribution is 5.97. The number of rotatable bonds is 14. The summed E-state index contributed by atoms with van der Waals surface area (Å²) < 4.78 is 5.75. The van der Waals surface area contributed by atoms with Gasteiger partial charge in [0.1, 0.15) is 12.6 Å². The summed E-state index contributed by atoms with van der Waals surface area (Å²) in [6.07, 6.45) is 2.92. The van der Waals surface area contributed by atoms with Gasteiger partial charge in [0, 0.05) is 47.4 Å². The molecule has 0 saturated heterocycles. The third kappa shape index (κ3) is 10.3. The number of aryl methyl sites for hydroxylation is 1. The fraction of sp³-hybridized carbons (Fsp3) is 0.297. The number of nitrogens with zero attached hydrogens (tertiary/aromatic N) is 1. The quantitative estimate of drug-likeness (QED) is 0.0669. The molecule has 0 saturated carbocycles. The summed E-state index contributed by atoms with van der Waals surface area (Å²) in [7, 11) is 0. The van der Waals surface area contributed by atoms with Crippen molar-refractivity contribution in [2.45, 2.75) is 59.4 Å². The Morgan fingerprint density at radius 1 is 0.939 bits per heavy atom. The molecule has 2 atom stereocenters. The van der Waals surface area contributed by atoms with Crippen LogP contribution in [0.15, 0.2) is 78.9 Å². The first-order valence-corrected chi connectivity index (χ1v) is 16.2. The van der Waals surface area contributed by atoms with E-state index >= 15 is 0 Å². The van der Waals surface area contributed by atoms with Crippen LogP contribution in [0, 0.1) is 12.8 Å². The van der Waals surface area contributed by atoms with E-state index in [2.05, 4.69) is 27.4 Å². The summed E-state index contributed by atoms with van der Waals surface area (Å²) in [5.41, 5.74) is 11.5. The number of quaternary nitrogens is 1. The third-order valence-corrected chi connectivity index (χ3v) is 8.28. The van der Waals surface area contributed by atoms with Crippen molar-refractivity contribution >= 4 is 46.5 Å².